The topological polar surface area (TPSA) is 84.9 Å². The highest BCUT2D eigenvalue weighted by atomic mass is 79.9. The number of carbonyl (C=O) groups excluding carboxylic acids is 3. The van der Waals surface area contributed by atoms with Crippen molar-refractivity contribution in [2.45, 2.75) is 20.1 Å². The van der Waals surface area contributed by atoms with Gasteiger partial charge in [-0.15, -0.1) is 0 Å². The van der Waals surface area contributed by atoms with Gasteiger partial charge in [-0.2, -0.15) is 0 Å². The number of aryl methyl sites for hydroxylation is 1. The second-order valence-corrected chi connectivity index (χ2v) is 11.1. The molecule has 1 aliphatic rings. The van der Waals surface area contributed by atoms with Gasteiger partial charge >= 0.3 is 6.03 Å². The van der Waals surface area contributed by atoms with Gasteiger partial charge in [0.2, 0.25) is 0 Å². The Morgan fingerprint density at radius 3 is 2.19 bits per heavy atom. The number of ether oxygens (including phenoxy) is 2. The normalized spacial score (nSPS) is 14.2. The number of halogens is 3. The maximum atomic E-state index is 13.3. The van der Waals surface area contributed by atoms with E-state index in [0.717, 1.165) is 21.6 Å². The summed E-state index contributed by atoms with van der Waals surface area (Å²) in [6, 6.07) is 24.0. The first-order chi connectivity index (χ1) is 20.2. The summed E-state index contributed by atoms with van der Waals surface area (Å²) >= 11 is 15.5. The Morgan fingerprint density at radius 2 is 1.50 bits per heavy atom. The minimum absolute atomic E-state index is 0.189. The molecule has 5 rings (SSSR count). The Balaban J connectivity index is 1.28. The van der Waals surface area contributed by atoms with Gasteiger partial charge < -0.3 is 9.47 Å². The van der Waals surface area contributed by atoms with Crippen molar-refractivity contribution in [2.24, 2.45) is 0 Å². The van der Waals surface area contributed by atoms with E-state index in [1.165, 1.54) is 6.08 Å². The maximum absolute atomic E-state index is 13.3. The number of imide groups is 2. The van der Waals surface area contributed by atoms with Crippen molar-refractivity contribution in [1.82, 2.24) is 5.32 Å². The Labute approximate surface area is 260 Å². The van der Waals surface area contributed by atoms with E-state index in [9.17, 15) is 14.4 Å². The number of rotatable bonds is 8. The summed E-state index contributed by atoms with van der Waals surface area (Å²) in [4.78, 5) is 39.5. The van der Waals surface area contributed by atoms with E-state index in [-0.39, 0.29) is 12.2 Å². The van der Waals surface area contributed by atoms with Crippen LogP contribution in [0.2, 0.25) is 10.0 Å². The molecule has 0 radical (unpaired) electrons. The van der Waals surface area contributed by atoms with E-state index in [4.69, 9.17) is 32.7 Å². The van der Waals surface area contributed by atoms with Gasteiger partial charge in [0.15, 0.2) is 0 Å². The molecule has 0 atom stereocenters. The molecule has 1 saturated heterocycles. The van der Waals surface area contributed by atoms with Crippen molar-refractivity contribution < 1.29 is 23.9 Å². The highest BCUT2D eigenvalue weighted by Crippen LogP contribution is 2.30. The van der Waals surface area contributed by atoms with Crippen molar-refractivity contribution in [3.63, 3.8) is 0 Å². The quantitative estimate of drug-likeness (QED) is 0.153. The van der Waals surface area contributed by atoms with Gasteiger partial charge in [0.05, 0.1) is 20.2 Å². The van der Waals surface area contributed by atoms with E-state index in [1.54, 1.807) is 54.6 Å². The predicted molar refractivity (Wildman–Crippen MR) is 166 cm³/mol. The number of hydrogen-bond acceptors (Lipinski definition) is 5. The summed E-state index contributed by atoms with van der Waals surface area (Å²) in [5.41, 5.74) is 3.67. The number of benzene rings is 4. The molecule has 0 aliphatic carbocycles. The molecule has 0 spiro atoms. The molecule has 1 N–H and O–H groups in total. The molecule has 4 amide bonds. The first-order valence-corrected chi connectivity index (χ1v) is 14.3. The summed E-state index contributed by atoms with van der Waals surface area (Å²) in [7, 11) is 0. The Morgan fingerprint density at radius 1 is 0.810 bits per heavy atom. The lowest BCUT2D eigenvalue weighted by Crippen LogP contribution is -2.54. The third-order valence-electron chi connectivity index (χ3n) is 6.37. The van der Waals surface area contributed by atoms with E-state index < -0.39 is 17.8 Å². The van der Waals surface area contributed by atoms with Gasteiger partial charge in [0.25, 0.3) is 11.8 Å². The van der Waals surface area contributed by atoms with Crippen molar-refractivity contribution in [1.29, 1.82) is 0 Å². The van der Waals surface area contributed by atoms with E-state index in [0.29, 0.717) is 43.9 Å². The number of carbonyl (C=O) groups is 3. The molecule has 0 saturated carbocycles. The van der Waals surface area contributed by atoms with E-state index >= 15 is 0 Å². The SMILES string of the molecule is Cc1ccc(COc2ccc(N3C(=O)NC(=O)/C(=C\c4ccc(OCc5ccc(Cl)c(Cl)c5)c(Br)c4)C3=O)cc2)cc1. The number of anilines is 1. The Kier molecular flexibility index (Phi) is 8.97. The monoisotopic (exact) mass is 664 g/mol. The smallest absolute Gasteiger partial charge is 0.335 e. The van der Waals surface area contributed by atoms with Gasteiger partial charge in [-0.05, 0) is 94.2 Å². The van der Waals surface area contributed by atoms with Crippen LogP contribution in [0.4, 0.5) is 10.5 Å². The zero-order valence-electron chi connectivity index (χ0n) is 22.2. The molecule has 7 nitrogen and oxygen atoms in total. The molecule has 10 heteroatoms. The highest BCUT2D eigenvalue weighted by molar-refractivity contribution is 9.10. The van der Waals surface area contributed by atoms with Crippen molar-refractivity contribution in [2.75, 3.05) is 4.90 Å². The fourth-order valence-electron chi connectivity index (χ4n) is 4.12. The standard InChI is InChI=1S/C32H23BrCl2N2O5/c1-19-2-4-20(5-3-19)17-41-24-10-8-23(9-11-24)37-31(39)25(30(38)36-32(37)40)14-21-7-13-29(26(33)15-21)42-18-22-6-12-27(34)28(35)16-22/h2-16H,17-18H2,1H3,(H,36,38,40)/b25-14+. The molecular weight excluding hydrogens is 643 g/mol. The summed E-state index contributed by atoms with van der Waals surface area (Å²) in [6.07, 6.45) is 1.42. The third-order valence-corrected chi connectivity index (χ3v) is 7.73. The minimum Gasteiger partial charge on any atom is -0.489 e. The van der Waals surface area contributed by atoms with Crippen LogP contribution in [-0.2, 0) is 22.8 Å². The molecule has 212 valence electrons. The fraction of sp³-hybridized carbons (Fsp3) is 0.0938. The number of nitrogens with one attached hydrogen (secondary N) is 1. The summed E-state index contributed by atoms with van der Waals surface area (Å²) < 4.78 is 12.3. The van der Waals surface area contributed by atoms with Crippen LogP contribution in [-0.4, -0.2) is 17.8 Å². The van der Waals surface area contributed by atoms with E-state index in [1.807, 2.05) is 37.3 Å². The number of barbiturate groups is 1. The Bertz CT molecular complexity index is 1710. The second kappa shape index (κ2) is 12.8. The van der Waals surface area contributed by atoms with Crippen molar-refractivity contribution >= 4 is 68.7 Å². The van der Waals surface area contributed by atoms with Crippen molar-refractivity contribution in [3.05, 3.63) is 127 Å². The van der Waals surface area contributed by atoms with Gasteiger partial charge in [0, 0.05) is 0 Å². The molecule has 0 unspecified atom stereocenters. The maximum Gasteiger partial charge on any atom is 0.335 e. The molecule has 4 aromatic carbocycles. The zero-order valence-corrected chi connectivity index (χ0v) is 25.3. The molecular formula is C32H23BrCl2N2O5. The lowest BCUT2D eigenvalue weighted by atomic mass is 10.1. The highest BCUT2D eigenvalue weighted by Gasteiger charge is 2.36. The predicted octanol–water partition coefficient (Wildman–Crippen LogP) is 7.89. The molecule has 4 aromatic rings. The lowest BCUT2D eigenvalue weighted by Gasteiger charge is -2.26. The van der Waals surface area contributed by atoms with Crippen LogP contribution < -0.4 is 19.7 Å². The second-order valence-electron chi connectivity index (χ2n) is 9.45. The van der Waals surface area contributed by atoms with Crippen molar-refractivity contribution in [3.8, 4) is 11.5 Å². The largest absolute Gasteiger partial charge is 0.489 e. The number of urea groups is 1. The van der Waals surface area contributed by atoms with Crippen LogP contribution in [0, 0.1) is 6.92 Å². The van der Waals surface area contributed by atoms with Crippen LogP contribution in [0.15, 0.2) is 95.0 Å². The van der Waals surface area contributed by atoms with Gasteiger partial charge in [-0.3, -0.25) is 14.9 Å². The third kappa shape index (κ3) is 6.85. The molecule has 1 heterocycles. The first-order valence-electron chi connectivity index (χ1n) is 12.7. The Hall–Kier alpha value is -4.11. The van der Waals surface area contributed by atoms with Crippen LogP contribution in [0.3, 0.4) is 0 Å². The average molecular weight is 666 g/mol. The summed E-state index contributed by atoms with van der Waals surface area (Å²) in [6.45, 7) is 2.64. The van der Waals surface area contributed by atoms with Gasteiger partial charge in [-0.1, -0.05) is 65.2 Å². The molecule has 42 heavy (non-hydrogen) atoms. The summed E-state index contributed by atoms with van der Waals surface area (Å²) in [5.74, 6) is -0.407. The van der Waals surface area contributed by atoms with Crippen LogP contribution in [0.25, 0.3) is 6.08 Å². The first kappa shape index (κ1) is 29.4. The number of amides is 4. The van der Waals surface area contributed by atoms with Gasteiger partial charge in [-0.25, -0.2) is 9.69 Å². The number of hydrogen-bond donors (Lipinski definition) is 1. The fourth-order valence-corrected chi connectivity index (χ4v) is 4.95. The van der Waals surface area contributed by atoms with Crippen LogP contribution in [0.1, 0.15) is 22.3 Å². The van der Waals surface area contributed by atoms with E-state index in [2.05, 4.69) is 21.2 Å². The molecule has 1 aliphatic heterocycles. The molecule has 0 bridgehead atoms. The average Bonchev–Trinajstić information content (AvgIpc) is 2.97. The minimum atomic E-state index is -0.831. The summed E-state index contributed by atoms with van der Waals surface area (Å²) in [5, 5.41) is 3.13. The molecule has 1 fully saturated rings. The molecule has 0 aromatic heterocycles. The van der Waals surface area contributed by atoms with Crippen LogP contribution in [0.5, 0.6) is 11.5 Å². The lowest BCUT2D eigenvalue weighted by molar-refractivity contribution is -0.122. The number of nitrogens with zero attached hydrogens (tertiary/aromatic N) is 1. The van der Waals surface area contributed by atoms with Crippen LogP contribution >= 0.6 is 39.1 Å². The zero-order chi connectivity index (χ0) is 29.8. The van der Waals surface area contributed by atoms with Gasteiger partial charge in [0.1, 0.15) is 30.3 Å².